The molecule has 4 rings (SSSR count). The predicted octanol–water partition coefficient (Wildman–Crippen LogP) is 2.81. The minimum Gasteiger partial charge on any atom is -0.484 e. The van der Waals surface area contributed by atoms with E-state index in [2.05, 4.69) is 14.8 Å². The van der Waals surface area contributed by atoms with Crippen LogP contribution in [0.3, 0.4) is 0 Å². The molecule has 2 aliphatic heterocycles. The molecule has 1 aromatic carbocycles. The number of rotatable bonds is 5. The highest BCUT2D eigenvalue weighted by molar-refractivity contribution is 5.78. The van der Waals surface area contributed by atoms with Gasteiger partial charge in [0.1, 0.15) is 11.6 Å². The molecule has 0 saturated carbocycles. The molecule has 7 heteroatoms. The number of carbonyl (C=O) groups excluding carboxylic acids is 1. The first-order valence-corrected chi connectivity index (χ1v) is 10.9. The number of benzene rings is 1. The van der Waals surface area contributed by atoms with Gasteiger partial charge in [-0.25, -0.2) is 4.98 Å². The second kappa shape index (κ2) is 9.32. The molecule has 160 valence electrons. The van der Waals surface area contributed by atoms with E-state index in [0.29, 0.717) is 13.1 Å². The minimum absolute atomic E-state index is 0.0331. The number of hydrogen-bond donors (Lipinski definition) is 0. The smallest absolute Gasteiger partial charge is 0.260 e. The quantitative estimate of drug-likeness (QED) is 0.757. The molecule has 0 radical (unpaired) electrons. The lowest BCUT2D eigenvalue weighted by Gasteiger charge is -2.36. The summed E-state index contributed by atoms with van der Waals surface area (Å²) in [4.78, 5) is 28.5. The Kier molecular flexibility index (Phi) is 6.35. The van der Waals surface area contributed by atoms with E-state index in [9.17, 15) is 4.79 Å². The van der Waals surface area contributed by atoms with Gasteiger partial charge in [-0.2, -0.15) is 4.98 Å². The van der Waals surface area contributed by atoms with Crippen molar-refractivity contribution in [3.05, 3.63) is 41.6 Å². The Hall–Kier alpha value is -2.83. The fraction of sp³-hybridized carbons (Fsp3) is 0.522. The van der Waals surface area contributed by atoms with Gasteiger partial charge in [0, 0.05) is 51.0 Å². The molecule has 0 aliphatic carbocycles. The molecule has 2 aromatic rings. The van der Waals surface area contributed by atoms with Crippen molar-refractivity contribution in [1.29, 1.82) is 0 Å². The molecule has 0 spiro atoms. The number of aromatic nitrogens is 2. The van der Waals surface area contributed by atoms with E-state index >= 15 is 0 Å². The topological polar surface area (TPSA) is 61.8 Å². The van der Waals surface area contributed by atoms with Crippen LogP contribution in [0.25, 0.3) is 0 Å². The number of piperidine rings is 1. The van der Waals surface area contributed by atoms with Gasteiger partial charge < -0.3 is 19.4 Å². The summed E-state index contributed by atoms with van der Waals surface area (Å²) in [5.74, 6) is 2.61. The Labute approximate surface area is 178 Å². The highest BCUT2D eigenvalue weighted by Gasteiger charge is 2.24. The van der Waals surface area contributed by atoms with Gasteiger partial charge in [-0.05, 0) is 44.7 Å². The zero-order valence-corrected chi connectivity index (χ0v) is 18.0. The Morgan fingerprint density at radius 1 is 0.933 bits per heavy atom. The van der Waals surface area contributed by atoms with Crippen molar-refractivity contribution < 1.29 is 9.53 Å². The third kappa shape index (κ3) is 4.83. The van der Waals surface area contributed by atoms with Crippen LogP contribution in [0, 0.1) is 13.8 Å². The van der Waals surface area contributed by atoms with Gasteiger partial charge in [-0.3, -0.25) is 4.79 Å². The summed E-state index contributed by atoms with van der Waals surface area (Å²) in [6.45, 7) is 9.06. The number of hydrogen-bond acceptors (Lipinski definition) is 6. The van der Waals surface area contributed by atoms with Crippen molar-refractivity contribution in [3.8, 4) is 5.75 Å². The number of nitrogens with zero attached hydrogens (tertiary/aromatic N) is 5. The standard InChI is InChI=1S/C23H31N5O2/c1-18-8-4-5-9-20(18)30-17-22(29)27-14-12-26(13-15-27)21-16-19(2)24-23(25-21)28-10-6-3-7-11-28/h4-5,8-9,16H,3,6-7,10-15,17H2,1-2H3. The van der Waals surface area contributed by atoms with Gasteiger partial charge in [0.15, 0.2) is 6.61 Å². The molecule has 0 unspecified atom stereocenters. The first kappa shape index (κ1) is 20.4. The van der Waals surface area contributed by atoms with Crippen molar-refractivity contribution in [2.24, 2.45) is 0 Å². The van der Waals surface area contributed by atoms with Crippen LogP contribution in [-0.2, 0) is 4.79 Å². The van der Waals surface area contributed by atoms with E-state index in [4.69, 9.17) is 9.72 Å². The number of carbonyl (C=O) groups is 1. The molecule has 0 N–H and O–H groups in total. The second-order valence-electron chi connectivity index (χ2n) is 8.14. The first-order valence-electron chi connectivity index (χ1n) is 10.9. The summed E-state index contributed by atoms with van der Waals surface area (Å²) in [7, 11) is 0. The summed E-state index contributed by atoms with van der Waals surface area (Å²) in [5.41, 5.74) is 2.03. The van der Waals surface area contributed by atoms with Gasteiger partial charge in [0.2, 0.25) is 5.95 Å². The Balaban J connectivity index is 1.33. The number of amides is 1. The maximum atomic E-state index is 12.6. The Bertz CT molecular complexity index is 874. The molecule has 0 bridgehead atoms. The van der Waals surface area contributed by atoms with Crippen molar-refractivity contribution >= 4 is 17.7 Å². The number of piperazine rings is 1. The average Bonchev–Trinajstić information content (AvgIpc) is 2.78. The van der Waals surface area contributed by atoms with Gasteiger partial charge in [-0.15, -0.1) is 0 Å². The van der Waals surface area contributed by atoms with Crippen LogP contribution < -0.4 is 14.5 Å². The van der Waals surface area contributed by atoms with Gasteiger partial charge >= 0.3 is 0 Å². The number of anilines is 2. The van der Waals surface area contributed by atoms with Crippen LogP contribution in [-0.4, -0.2) is 66.7 Å². The lowest BCUT2D eigenvalue weighted by molar-refractivity contribution is -0.133. The third-order valence-electron chi connectivity index (χ3n) is 5.87. The maximum absolute atomic E-state index is 12.6. The van der Waals surface area contributed by atoms with Gasteiger partial charge in [0.05, 0.1) is 0 Å². The molecule has 2 fully saturated rings. The largest absolute Gasteiger partial charge is 0.484 e. The lowest BCUT2D eigenvalue weighted by Crippen LogP contribution is -2.50. The number of aryl methyl sites for hydroxylation is 2. The number of para-hydroxylation sites is 1. The summed E-state index contributed by atoms with van der Waals surface area (Å²) >= 11 is 0. The fourth-order valence-electron chi connectivity index (χ4n) is 4.07. The molecule has 3 heterocycles. The van der Waals surface area contributed by atoms with Crippen LogP contribution in [0.2, 0.25) is 0 Å². The molecule has 2 saturated heterocycles. The maximum Gasteiger partial charge on any atom is 0.260 e. The summed E-state index contributed by atoms with van der Waals surface area (Å²) < 4.78 is 5.73. The van der Waals surface area contributed by atoms with E-state index in [1.54, 1.807) is 0 Å². The normalized spacial score (nSPS) is 17.2. The van der Waals surface area contributed by atoms with Crippen molar-refractivity contribution in [2.75, 3.05) is 55.7 Å². The molecular weight excluding hydrogens is 378 g/mol. The second-order valence-corrected chi connectivity index (χ2v) is 8.14. The highest BCUT2D eigenvalue weighted by atomic mass is 16.5. The van der Waals surface area contributed by atoms with Crippen LogP contribution in [0.1, 0.15) is 30.5 Å². The van der Waals surface area contributed by atoms with Gasteiger partial charge in [-0.1, -0.05) is 18.2 Å². The molecule has 7 nitrogen and oxygen atoms in total. The first-order chi connectivity index (χ1) is 14.6. The summed E-state index contributed by atoms with van der Waals surface area (Å²) in [6.07, 6.45) is 3.70. The monoisotopic (exact) mass is 409 g/mol. The molecular formula is C23H31N5O2. The SMILES string of the molecule is Cc1cc(N2CCN(C(=O)COc3ccccc3C)CC2)nc(N2CCCCC2)n1. The highest BCUT2D eigenvalue weighted by Crippen LogP contribution is 2.22. The number of ether oxygens (including phenoxy) is 1. The fourth-order valence-corrected chi connectivity index (χ4v) is 4.07. The molecule has 2 aliphatic rings. The Morgan fingerprint density at radius 3 is 2.40 bits per heavy atom. The molecule has 1 amide bonds. The van der Waals surface area contributed by atoms with Crippen LogP contribution >= 0.6 is 0 Å². The average molecular weight is 410 g/mol. The van der Waals surface area contributed by atoms with Crippen LogP contribution in [0.15, 0.2) is 30.3 Å². The van der Waals surface area contributed by atoms with E-state index in [0.717, 1.165) is 55.0 Å². The molecule has 1 aromatic heterocycles. The zero-order valence-electron chi connectivity index (χ0n) is 18.0. The summed E-state index contributed by atoms with van der Waals surface area (Å²) in [6, 6.07) is 9.83. The van der Waals surface area contributed by atoms with Gasteiger partial charge in [0.25, 0.3) is 5.91 Å². The van der Waals surface area contributed by atoms with Crippen molar-refractivity contribution in [3.63, 3.8) is 0 Å². The van der Waals surface area contributed by atoms with Crippen molar-refractivity contribution in [1.82, 2.24) is 14.9 Å². The zero-order chi connectivity index (χ0) is 20.9. The van der Waals surface area contributed by atoms with Crippen molar-refractivity contribution in [2.45, 2.75) is 33.1 Å². The van der Waals surface area contributed by atoms with E-state index < -0.39 is 0 Å². The van der Waals surface area contributed by atoms with Crippen LogP contribution in [0.5, 0.6) is 5.75 Å². The molecule has 30 heavy (non-hydrogen) atoms. The van der Waals surface area contributed by atoms with E-state index in [1.165, 1.54) is 19.3 Å². The lowest BCUT2D eigenvalue weighted by atomic mass is 10.1. The van der Waals surface area contributed by atoms with Crippen LogP contribution in [0.4, 0.5) is 11.8 Å². The van der Waals surface area contributed by atoms with E-state index in [1.807, 2.05) is 49.1 Å². The van der Waals surface area contributed by atoms with E-state index in [-0.39, 0.29) is 12.5 Å². The Morgan fingerprint density at radius 2 is 1.67 bits per heavy atom. The molecule has 0 atom stereocenters. The third-order valence-corrected chi connectivity index (χ3v) is 5.87. The predicted molar refractivity (Wildman–Crippen MR) is 118 cm³/mol. The summed E-state index contributed by atoms with van der Waals surface area (Å²) in [5, 5.41) is 0. The minimum atomic E-state index is 0.0331.